The maximum absolute atomic E-state index is 12.1. The molecule has 1 unspecified atom stereocenters. The molecule has 3 rings (SSSR count). The van der Waals surface area contributed by atoms with Crippen LogP contribution in [0.15, 0.2) is 12.1 Å². The lowest BCUT2D eigenvalue weighted by molar-refractivity contribution is -0.138. The molecule has 1 saturated heterocycles. The molecule has 2 aromatic rings. The molecule has 1 fully saturated rings. The highest BCUT2D eigenvalue weighted by Crippen LogP contribution is 2.31. The predicted molar refractivity (Wildman–Crippen MR) is 76.8 cm³/mol. The van der Waals surface area contributed by atoms with E-state index in [0.29, 0.717) is 28.3 Å². The Morgan fingerprint density at radius 1 is 1.45 bits per heavy atom. The Hall–Kier alpha value is -1.73. The molecule has 104 valence electrons. The molecule has 8 heteroatoms. The minimum atomic E-state index is -0.591. The fourth-order valence-electron chi connectivity index (χ4n) is 2.27. The first kappa shape index (κ1) is 13.3. The van der Waals surface area contributed by atoms with Gasteiger partial charge in [-0.2, -0.15) is 8.75 Å². The molecule has 1 N–H and O–H groups in total. The number of imide groups is 1. The summed E-state index contributed by atoms with van der Waals surface area (Å²) in [5.74, 6) is -0.400. The summed E-state index contributed by atoms with van der Waals surface area (Å²) in [4.78, 5) is 25.1. The first-order chi connectivity index (χ1) is 9.61. The maximum atomic E-state index is 12.1. The highest BCUT2D eigenvalue weighted by atomic mass is 35.5. The van der Waals surface area contributed by atoms with Crippen molar-refractivity contribution in [1.29, 1.82) is 0 Å². The Bertz CT molecular complexity index is 702. The summed E-state index contributed by atoms with van der Waals surface area (Å²) in [6.45, 7) is 2.16. The molecular weight excluding hydrogens is 300 g/mol. The molecule has 1 atom stereocenters. The van der Waals surface area contributed by atoms with Crippen LogP contribution in [-0.2, 0) is 9.59 Å². The number of aromatic nitrogens is 2. The van der Waals surface area contributed by atoms with Crippen molar-refractivity contribution in [2.24, 2.45) is 0 Å². The second kappa shape index (κ2) is 4.99. The molecular formula is C12H11ClN4O2S. The quantitative estimate of drug-likeness (QED) is 0.876. The largest absolute Gasteiger partial charge is 0.370 e. The third-order valence-corrected chi connectivity index (χ3v) is 4.11. The van der Waals surface area contributed by atoms with Crippen molar-refractivity contribution < 1.29 is 9.59 Å². The van der Waals surface area contributed by atoms with E-state index in [2.05, 4.69) is 14.1 Å². The Balaban J connectivity index is 1.94. The van der Waals surface area contributed by atoms with Gasteiger partial charge in [-0.3, -0.25) is 14.5 Å². The number of amides is 2. The Kier molecular flexibility index (Phi) is 3.31. The van der Waals surface area contributed by atoms with E-state index in [0.717, 1.165) is 11.7 Å². The van der Waals surface area contributed by atoms with Gasteiger partial charge in [0.25, 0.3) is 5.91 Å². The van der Waals surface area contributed by atoms with Crippen LogP contribution in [0.4, 0.5) is 5.69 Å². The van der Waals surface area contributed by atoms with Crippen LogP contribution in [0.5, 0.6) is 0 Å². The fraction of sp³-hybridized carbons (Fsp3) is 0.333. The standard InChI is InChI=1S/C12H11ClN4O2S/c1-2-17-9(18)5-8(12(17)19)14-10-6(13)3-4-7-11(10)16-20-15-7/h3-4,8,14H,2,5H2,1H3. The lowest BCUT2D eigenvalue weighted by Gasteiger charge is -2.15. The second-order valence-electron chi connectivity index (χ2n) is 4.43. The zero-order valence-electron chi connectivity index (χ0n) is 10.6. The van der Waals surface area contributed by atoms with Gasteiger partial charge < -0.3 is 5.32 Å². The lowest BCUT2D eigenvalue weighted by Crippen LogP contribution is -2.34. The lowest BCUT2D eigenvalue weighted by atomic mass is 10.2. The van der Waals surface area contributed by atoms with Crippen molar-refractivity contribution in [3.05, 3.63) is 17.2 Å². The van der Waals surface area contributed by atoms with Gasteiger partial charge >= 0.3 is 0 Å². The zero-order chi connectivity index (χ0) is 14.3. The zero-order valence-corrected chi connectivity index (χ0v) is 12.2. The summed E-state index contributed by atoms with van der Waals surface area (Å²) in [7, 11) is 0. The minimum Gasteiger partial charge on any atom is -0.370 e. The van der Waals surface area contributed by atoms with E-state index in [1.165, 1.54) is 4.90 Å². The number of nitrogens with zero attached hydrogens (tertiary/aromatic N) is 3. The van der Waals surface area contributed by atoms with Crippen LogP contribution in [-0.4, -0.2) is 38.0 Å². The van der Waals surface area contributed by atoms with E-state index >= 15 is 0 Å². The number of hydrogen-bond donors (Lipinski definition) is 1. The van der Waals surface area contributed by atoms with E-state index in [4.69, 9.17) is 11.6 Å². The molecule has 1 aliphatic rings. The smallest absolute Gasteiger partial charge is 0.252 e. The van der Waals surface area contributed by atoms with Crippen molar-refractivity contribution in [2.45, 2.75) is 19.4 Å². The summed E-state index contributed by atoms with van der Waals surface area (Å²) in [6.07, 6.45) is 0.136. The van der Waals surface area contributed by atoms with Gasteiger partial charge in [-0.05, 0) is 19.1 Å². The van der Waals surface area contributed by atoms with Crippen molar-refractivity contribution in [2.75, 3.05) is 11.9 Å². The SMILES string of the molecule is CCN1C(=O)CC(Nc2c(Cl)ccc3nsnc23)C1=O. The van der Waals surface area contributed by atoms with Crippen molar-refractivity contribution in [3.8, 4) is 0 Å². The average Bonchev–Trinajstić information content (AvgIpc) is 2.99. The average molecular weight is 311 g/mol. The highest BCUT2D eigenvalue weighted by Gasteiger charge is 2.38. The van der Waals surface area contributed by atoms with Gasteiger partial charge in [0.1, 0.15) is 17.1 Å². The number of anilines is 1. The maximum Gasteiger partial charge on any atom is 0.252 e. The molecule has 0 spiro atoms. The molecule has 0 saturated carbocycles. The summed E-state index contributed by atoms with van der Waals surface area (Å²) < 4.78 is 8.31. The number of benzene rings is 1. The van der Waals surface area contributed by atoms with Crippen molar-refractivity contribution in [3.63, 3.8) is 0 Å². The Morgan fingerprint density at radius 2 is 2.25 bits per heavy atom. The van der Waals surface area contributed by atoms with Gasteiger partial charge in [0.2, 0.25) is 5.91 Å². The van der Waals surface area contributed by atoms with Crippen LogP contribution in [0.25, 0.3) is 11.0 Å². The summed E-state index contributed by atoms with van der Waals surface area (Å²) in [6, 6.07) is 2.88. The van der Waals surface area contributed by atoms with E-state index in [1.54, 1.807) is 19.1 Å². The molecule has 0 aliphatic carbocycles. The monoisotopic (exact) mass is 310 g/mol. The molecule has 20 heavy (non-hydrogen) atoms. The summed E-state index contributed by atoms with van der Waals surface area (Å²) in [5.41, 5.74) is 1.89. The van der Waals surface area contributed by atoms with Crippen molar-refractivity contribution >= 4 is 51.9 Å². The van der Waals surface area contributed by atoms with Crippen LogP contribution in [0.2, 0.25) is 5.02 Å². The number of nitrogens with one attached hydrogen (secondary N) is 1. The first-order valence-corrected chi connectivity index (χ1v) is 7.24. The van der Waals surface area contributed by atoms with Crippen LogP contribution in [0.3, 0.4) is 0 Å². The third-order valence-electron chi connectivity index (χ3n) is 3.26. The Labute approximate surface area is 124 Å². The van der Waals surface area contributed by atoms with Gasteiger partial charge in [0, 0.05) is 6.54 Å². The number of likely N-dealkylation sites (tertiary alicyclic amines) is 1. The molecule has 1 aromatic carbocycles. The van der Waals surface area contributed by atoms with Crippen LogP contribution >= 0.6 is 23.3 Å². The van der Waals surface area contributed by atoms with Crippen LogP contribution in [0.1, 0.15) is 13.3 Å². The topological polar surface area (TPSA) is 75.2 Å². The molecule has 0 bridgehead atoms. The van der Waals surface area contributed by atoms with Gasteiger partial charge in [-0.1, -0.05) is 11.6 Å². The second-order valence-corrected chi connectivity index (χ2v) is 5.37. The summed E-state index contributed by atoms with van der Waals surface area (Å²) in [5, 5.41) is 3.50. The van der Waals surface area contributed by atoms with Crippen LogP contribution in [0, 0.1) is 0 Å². The van der Waals surface area contributed by atoms with Gasteiger partial charge in [0.05, 0.1) is 28.9 Å². The molecule has 2 amide bonds. The summed E-state index contributed by atoms with van der Waals surface area (Å²) >= 11 is 7.24. The number of rotatable bonds is 3. The molecule has 2 heterocycles. The normalized spacial score (nSPS) is 19.1. The van der Waals surface area contributed by atoms with Gasteiger partial charge in [-0.15, -0.1) is 0 Å². The fourth-order valence-corrected chi connectivity index (χ4v) is 3.02. The minimum absolute atomic E-state index is 0.136. The first-order valence-electron chi connectivity index (χ1n) is 6.13. The van der Waals surface area contributed by atoms with E-state index < -0.39 is 6.04 Å². The number of halogens is 1. The number of fused-ring (bicyclic) bond motifs is 1. The van der Waals surface area contributed by atoms with Crippen LogP contribution < -0.4 is 5.32 Å². The number of carbonyl (C=O) groups excluding carboxylic acids is 2. The van der Waals surface area contributed by atoms with E-state index in [9.17, 15) is 9.59 Å². The molecule has 1 aliphatic heterocycles. The number of hydrogen-bond acceptors (Lipinski definition) is 6. The van der Waals surface area contributed by atoms with Gasteiger partial charge in [-0.25, -0.2) is 0 Å². The van der Waals surface area contributed by atoms with Crippen molar-refractivity contribution in [1.82, 2.24) is 13.6 Å². The third kappa shape index (κ3) is 2.03. The number of likely N-dealkylation sites (N-methyl/N-ethyl adjacent to an activating group) is 1. The Morgan fingerprint density at radius 3 is 2.95 bits per heavy atom. The molecule has 1 aromatic heterocycles. The molecule has 0 radical (unpaired) electrons. The predicted octanol–water partition coefficient (Wildman–Crippen LogP) is 1.90. The van der Waals surface area contributed by atoms with Gasteiger partial charge in [0.15, 0.2) is 0 Å². The molecule has 6 nitrogen and oxygen atoms in total. The number of carbonyl (C=O) groups is 2. The van der Waals surface area contributed by atoms with E-state index in [1.807, 2.05) is 0 Å². The highest BCUT2D eigenvalue weighted by molar-refractivity contribution is 7.00. The van der Waals surface area contributed by atoms with E-state index in [-0.39, 0.29) is 18.2 Å².